The van der Waals surface area contributed by atoms with E-state index in [9.17, 15) is 0 Å². The molecule has 1 N–H and O–H groups in total. The first kappa shape index (κ1) is 13.1. The van der Waals surface area contributed by atoms with Gasteiger partial charge in [-0.05, 0) is 74.2 Å². The Bertz CT molecular complexity index is 569. The van der Waals surface area contributed by atoms with Crippen LogP contribution in [-0.4, -0.2) is 18.1 Å². The molecular weight excluding hydrogens is 260 g/mol. The van der Waals surface area contributed by atoms with E-state index in [0.717, 1.165) is 29.1 Å². The number of hydrogen-bond acceptors (Lipinski definition) is 3. The van der Waals surface area contributed by atoms with E-state index in [1.807, 2.05) is 25.3 Å². The molecule has 2 heterocycles. The minimum atomic E-state index is 0.689. The Balaban J connectivity index is 1.42. The van der Waals surface area contributed by atoms with Crippen molar-refractivity contribution in [3.05, 3.63) is 47.9 Å². The molecule has 4 rings (SSSR count). The molecule has 0 radical (unpaired) electrons. The normalized spacial score (nSPS) is 31.5. The van der Waals surface area contributed by atoms with Crippen molar-refractivity contribution >= 4 is 0 Å². The molecule has 3 atom stereocenters. The topological polar surface area (TPSA) is 34.1 Å². The van der Waals surface area contributed by atoms with Gasteiger partial charge >= 0.3 is 0 Å². The van der Waals surface area contributed by atoms with Crippen molar-refractivity contribution in [1.29, 1.82) is 0 Å². The third-order valence-electron chi connectivity index (χ3n) is 5.07. The zero-order valence-corrected chi connectivity index (χ0v) is 12.5. The van der Waals surface area contributed by atoms with Crippen LogP contribution in [0.3, 0.4) is 0 Å². The molecule has 3 heteroatoms. The first-order valence-corrected chi connectivity index (χ1v) is 8.02. The van der Waals surface area contributed by atoms with Crippen molar-refractivity contribution in [2.75, 3.05) is 13.1 Å². The molecule has 21 heavy (non-hydrogen) atoms. The number of fused-ring (bicyclic) bond motifs is 1. The maximum atomic E-state index is 5.89. The van der Waals surface area contributed by atoms with Crippen LogP contribution in [0, 0.1) is 30.6 Å². The molecule has 1 aliphatic heterocycles. The Morgan fingerprint density at radius 3 is 2.81 bits per heavy atom. The lowest BCUT2D eigenvalue weighted by Gasteiger charge is -2.22. The van der Waals surface area contributed by atoms with Gasteiger partial charge in [0.1, 0.15) is 5.76 Å². The smallest absolute Gasteiger partial charge is 0.219 e. The molecule has 3 aliphatic rings. The summed E-state index contributed by atoms with van der Waals surface area (Å²) in [7, 11) is 0. The number of allylic oxidation sites excluding steroid dienone is 3. The number of aromatic nitrogens is 1. The van der Waals surface area contributed by atoms with Gasteiger partial charge in [0.15, 0.2) is 0 Å². The SMILES string of the molecule is Cc1ccc(OC2=CC3C(C=C2)C3C2CCNCC2)nc1. The van der Waals surface area contributed by atoms with E-state index in [1.54, 1.807) is 0 Å². The summed E-state index contributed by atoms with van der Waals surface area (Å²) in [4.78, 5) is 4.31. The number of ether oxygens (including phenoxy) is 1. The molecule has 0 bridgehead atoms. The summed E-state index contributed by atoms with van der Waals surface area (Å²) in [5.41, 5.74) is 1.16. The summed E-state index contributed by atoms with van der Waals surface area (Å²) in [6.45, 7) is 4.41. The fraction of sp³-hybridized carbons (Fsp3) is 0.500. The molecule has 2 aliphatic carbocycles. The Labute approximate surface area is 126 Å². The molecule has 1 aromatic heterocycles. The van der Waals surface area contributed by atoms with Gasteiger partial charge in [0.25, 0.3) is 0 Å². The van der Waals surface area contributed by atoms with Crippen LogP contribution in [0.15, 0.2) is 42.3 Å². The van der Waals surface area contributed by atoms with Gasteiger partial charge in [-0.25, -0.2) is 4.98 Å². The highest BCUT2D eigenvalue weighted by molar-refractivity contribution is 5.32. The number of nitrogens with one attached hydrogen (secondary N) is 1. The maximum absolute atomic E-state index is 5.89. The van der Waals surface area contributed by atoms with E-state index >= 15 is 0 Å². The van der Waals surface area contributed by atoms with E-state index in [1.165, 1.54) is 25.9 Å². The lowest BCUT2D eigenvalue weighted by Crippen LogP contribution is -2.29. The van der Waals surface area contributed by atoms with E-state index in [4.69, 9.17) is 4.74 Å². The molecule has 2 fully saturated rings. The van der Waals surface area contributed by atoms with Crippen molar-refractivity contribution in [2.24, 2.45) is 23.7 Å². The van der Waals surface area contributed by atoms with Crippen LogP contribution in [0.25, 0.3) is 0 Å². The molecule has 1 saturated heterocycles. The third kappa shape index (κ3) is 2.62. The van der Waals surface area contributed by atoms with Crippen LogP contribution < -0.4 is 10.1 Å². The third-order valence-corrected chi connectivity index (χ3v) is 5.07. The standard InChI is InChI=1S/C18H22N2O/c1-12-2-5-17(20-11-12)21-14-3-4-15-16(10-14)18(15)13-6-8-19-9-7-13/h2-5,10-11,13,15-16,18-19H,6-9H2,1H3. The van der Waals surface area contributed by atoms with E-state index < -0.39 is 0 Å². The van der Waals surface area contributed by atoms with Crippen LogP contribution in [0.5, 0.6) is 5.88 Å². The first-order valence-electron chi connectivity index (χ1n) is 8.02. The van der Waals surface area contributed by atoms with Gasteiger partial charge in [0, 0.05) is 12.3 Å². The van der Waals surface area contributed by atoms with Gasteiger partial charge in [-0.15, -0.1) is 0 Å². The summed E-state index contributed by atoms with van der Waals surface area (Å²) >= 11 is 0. The average molecular weight is 282 g/mol. The molecule has 1 saturated carbocycles. The molecular formula is C18H22N2O. The molecule has 1 aromatic rings. The zero-order valence-electron chi connectivity index (χ0n) is 12.5. The second-order valence-corrected chi connectivity index (χ2v) is 6.52. The zero-order chi connectivity index (χ0) is 14.2. The number of pyridine rings is 1. The minimum Gasteiger partial charge on any atom is -0.439 e. The summed E-state index contributed by atoms with van der Waals surface area (Å²) in [6.07, 6.45) is 11.3. The largest absolute Gasteiger partial charge is 0.439 e. The molecule has 0 spiro atoms. The fourth-order valence-electron chi connectivity index (χ4n) is 3.88. The molecule has 0 aromatic carbocycles. The van der Waals surface area contributed by atoms with Crippen LogP contribution in [0.2, 0.25) is 0 Å². The number of nitrogens with zero attached hydrogens (tertiary/aromatic N) is 1. The van der Waals surface area contributed by atoms with E-state index in [-0.39, 0.29) is 0 Å². The van der Waals surface area contributed by atoms with Gasteiger partial charge in [0.2, 0.25) is 5.88 Å². The predicted molar refractivity (Wildman–Crippen MR) is 82.9 cm³/mol. The molecule has 3 unspecified atom stereocenters. The summed E-state index contributed by atoms with van der Waals surface area (Å²) < 4.78 is 5.89. The Hall–Kier alpha value is -1.61. The van der Waals surface area contributed by atoms with Crippen LogP contribution in [0.1, 0.15) is 18.4 Å². The van der Waals surface area contributed by atoms with Crippen molar-refractivity contribution in [2.45, 2.75) is 19.8 Å². The maximum Gasteiger partial charge on any atom is 0.219 e. The summed E-state index contributed by atoms with van der Waals surface area (Å²) in [5, 5.41) is 3.46. The van der Waals surface area contributed by atoms with Gasteiger partial charge in [-0.2, -0.15) is 0 Å². The highest BCUT2D eigenvalue weighted by Crippen LogP contribution is 2.56. The van der Waals surface area contributed by atoms with Crippen molar-refractivity contribution in [1.82, 2.24) is 10.3 Å². The number of aryl methyl sites for hydroxylation is 1. The first-order chi connectivity index (χ1) is 10.3. The quantitative estimate of drug-likeness (QED) is 0.925. The fourth-order valence-corrected chi connectivity index (χ4v) is 3.88. The Morgan fingerprint density at radius 1 is 1.19 bits per heavy atom. The lowest BCUT2D eigenvalue weighted by atomic mass is 9.91. The van der Waals surface area contributed by atoms with Gasteiger partial charge in [-0.3, -0.25) is 0 Å². The van der Waals surface area contributed by atoms with Crippen LogP contribution >= 0.6 is 0 Å². The van der Waals surface area contributed by atoms with Crippen molar-refractivity contribution in [3.8, 4) is 5.88 Å². The highest BCUT2D eigenvalue weighted by Gasteiger charge is 2.52. The summed E-state index contributed by atoms with van der Waals surface area (Å²) in [5.74, 6) is 4.83. The molecule has 110 valence electrons. The van der Waals surface area contributed by atoms with Gasteiger partial charge in [-0.1, -0.05) is 12.1 Å². The van der Waals surface area contributed by atoms with E-state index in [0.29, 0.717) is 11.8 Å². The average Bonchev–Trinajstić information content (AvgIpc) is 3.24. The second-order valence-electron chi connectivity index (χ2n) is 6.52. The number of hydrogen-bond donors (Lipinski definition) is 1. The highest BCUT2D eigenvalue weighted by atomic mass is 16.5. The van der Waals surface area contributed by atoms with E-state index in [2.05, 4.69) is 28.5 Å². The van der Waals surface area contributed by atoms with Gasteiger partial charge in [0.05, 0.1) is 0 Å². The monoisotopic (exact) mass is 282 g/mol. The van der Waals surface area contributed by atoms with Crippen LogP contribution in [-0.2, 0) is 0 Å². The molecule has 3 nitrogen and oxygen atoms in total. The Kier molecular flexibility index (Phi) is 3.30. The van der Waals surface area contributed by atoms with Crippen LogP contribution in [0.4, 0.5) is 0 Å². The van der Waals surface area contributed by atoms with Crippen molar-refractivity contribution in [3.63, 3.8) is 0 Å². The lowest BCUT2D eigenvalue weighted by molar-refractivity contribution is 0.324. The minimum absolute atomic E-state index is 0.689. The van der Waals surface area contributed by atoms with Crippen molar-refractivity contribution < 1.29 is 4.74 Å². The Morgan fingerprint density at radius 2 is 2.05 bits per heavy atom. The number of piperidine rings is 1. The predicted octanol–water partition coefficient (Wildman–Crippen LogP) is 3.08. The molecule has 0 amide bonds. The summed E-state index contributed by atoms with van der Waals surface area (Å²) in [6, 6.07) is 3.97. The second kappa shape index (κ2) is 5.30. The number of rotatable bonds is 3. The van der Waals surface area contributed by atoms with Gasteiger partial charge < -0.3 is 10.1 Å².